The van der Waals surface area contributed by atoms with Crippen molar-refractivity contribution in [2.75, 3.05) is 25.2 Å². The molecule has 106 valence electrons. The molecule has 2 fully saturated rings. The Balaban J connectivity index is 1.64. The summed E-state index contributed by atoms with van der Waals surface area (Å²) in [7, 11) is 2.16. The van der Waals surface area contributed by atoms with Crippen LogP contribution in [-0.4, -0.2) is 37.1 Å². The molecule has 0 unspecified atom stereocenters. The SMILES string of the molecule is Cc1nc(N(C)C2CCC3(CC2)OCCO3)sc1C. The fraction of sp³-hybridized carbons (Fsp3) is 0.786. The summed E-state index contributed by atoms with van der Waals surface area (Å²) < 4.78 is 11.6. The van der Waals surface area contributed by atoms with Crippen molar-refractivity contribution in [3.63, 3.8) is 0 Å². The van der Waals surface area contributed by atoms with Gasteiger partial charge in [0.05, 0.1) is 18.9 Å². The average Bonchev–Trinajstić information content (AvgIpc) is 2.98. The van der Waals surface area contributed by atoms with E-state index in [0.717, 1.165) is 49.7 Å². The van der Waals surface area contributed by atoms with Crippen LogP contribution in [0.1, 0.15) is 36.3 Å². The fourth-order valence-electron chi connectivity index (χ4n) is 2.98. The van der Waals surface area contributed by atoms with E-state index in [0.29, 0.717) is 6.04 Å². The maximum Gasteiger partial charge on any atom is 0.185 e. The number of ether oxygens (including phenoxy) is 2. The van der Waals surface area contributed by atoms with E-state index in [1.165, 1.54) is 4.88 Å². The molecule has 5 heteroatoms. The number of rotatable bonds is 2. The Kier molecular flexibility index (Phi) is 3.53. The van der Waals surface area contributed by atoms with Crippen molar-refractivity contribution >= 4 is 16.5 Å². The highest BCUT2D eigenvalue weighted by molar-refractivity contribution is 7.15. The largest absolute Gasteiger partial charge is 0.348 e. The van der Waals surface area contributed by atoms with Gasteiger partial charge in [0.25, 0.3) is 0 Å². The number of hydrogen-bond donors (Lipinski definition) is 0. The Labute approximate surface area is 118 Å². The summed E-state index contributed by atoms with van der Waals surface area (Å²) in [6, 6.07) is 0.559. The van der Waals surface area contributed by atoms with Crippen LogP contribution in [0.3, 0.4) is 0 Å². The van der Waals surface area contributed by atoms with Crippen LogP contribution in [0.2, 0.25) is 0 Å². The van der Waals surface area contributed by atoms with Crippen LogP contribution in [0, 0.1) is 13.8 Å². The molecule has 1 aliphatic carbocycles. The molecule has 1 aromatic heterocycles. The molecule has 0 N–H and O–H groups in total. The molecule has 0 radical (unpaired) electrons. The van der Waals surface area contributed by atoms with Crippen LogP contribution < -0.4 is 4.90 Å². The van der Waals surface area contributed by atoms with Gasteiger partial charge in [0.1, 0.15) is 0 Å². The molecule has 0 atom stereocenters. The quantitative estimate of drug-likeness (QED) is 0.835. The monoisotopic (exact) mass is 282 g/mol. The van der Waals surface area contributed by atoms with E-state index in [4.69, 9.17) is 9.47 Å². The molecule has 0 amide bonds. The summed E-state index contributed by atoms with van der Waals surface area (Å²) in [5, 5.41) is 1.14. The van der Waals surface area contributed by atoms with Crippen molar-refractivity contribution in [3.05, 3.63) is 10.6 Å². The standard InChI is InChI=1S/C14H22N2O2S/c1-10-11(2)19-13(15-10)16(3)12-4-6-14(7-5-12)17-8-9-18-14/h12H,4-9H2,1-3H3. The first-order valence-electron chi connectivity index (χ1n) is 7.04. The molecule has 1 saturated heterocycles. The minimum atomic E-state index is -0.258. The minimum absolute atomic E-state index is 0.258. The lowest BCUT2D eigenvalue weighted by Crippen LogP contribution is -2.42. The van der Waals surface area contributed by atoms with Gasteiger partial charge in [0, 0.05) is 30.8 Å². The van der Waals surface area contributed by atoms with E-state index in [1.54, 1.807) is 11.3 Å². The van der Waals surface area contributed by atoms with Crippen LogP contribution >= 0.6 is 11.3 Å². The zero-order chi connectivity index (χ0) is 13.5. The second-order valence-electron chi connectivity index (χ2n) is 5.59. The van der Waals surface area contributed by atoms with E-state index < -0.39 is 0 Å². The van der Waals surface area contributed by atoms with Gasteiger partial charge in [0.2, 0.25) is 0 Å². The number of thiazole rings is 1. The van der Waals surface area contributed by atoms with E-state index >= 15 is 0 Å². The molecule has 1 aliphatic heterocycles. The van der Waals surface area contributed by atoms with Crippen molar-refractivity contribution in [1.82, 2.24) is 4.98 Å². The number of nitrogens with zero attached hydrogens (tertiary/aromatic N) is 2. The highest BCUT2D eigenvalue weighted by Crippen LogP contribution is 2.38. The molecule has 1 spiro atoms. The van der Waals surface area contributed by atoms with E-state index in [9.17, 15) is 0 Å². The summed E-state index contributed by atoms with van der Waals surface area (Å²) in [4.78, 5) is 8.31. The van der Waals surface area contributed by atoms with Gasteiger partial charge >= 0.3 is 0 Å². The van der Waals surface area contributed by atoms with Gasteiger partial charge in [0.15, 0.2) is 10.9 Å². The van der Waals surface area contributed by atoms with E-state index in [-0.39, 0.29) is 5.79 Å². The molecular weight excluding hydrogens is 260 g/mol. The van der Waals surface area contributed by atoms with Crippen LogP contribution in [0.25, 0.3) is 0 Å². The first-order chi connectivity index (χ1) is 9.10. The van der Waals surface area contributed by atoms with E-state index in [2.05, 4.69) is 30.8 Å². The molecule has 2 aliphatic rings. The topological polar surface area (TPSA) is 34.6 Å². The third kappa shape index (κ3) is 2.51. The molecule has 19 heavy (non-hydrogen) atoms. The smallest absolute Gasteiger partial charge is 0.185 e. The summed E-state index contributed by atoms with van der Waals surface area (Å²) in [5.74, 6) is -0.258. The lowest BCUT2D eigenvalue weighted by Gasteiger charge is -2.38. The normalized spacial score (nSPS) is 23.1. The molecule has 1 saturated carbocycles. The van der Waals surface area contributed by atoms with Crippen LogP contribution in [0.15, 0.2) is 0 Å². The van der Waals surface area contributed by atoms with Crippen molar-refractivity contribution in [2.24, 2.45) is 0 Å². The summed E-state index contributed by atoms with van der Waals surface area (Å²) in [5.41, 5.74) is 1.15. The zero-order valence-electron chi connectivity index (χ0n) is 11.9. The predicted molar refractivity (Wildman–Crippen MR) is 76.9 cm³/mol. The first kappa shape index (κ1) is 13.3. The Bertz CT molecular complexity index is 425. The Hall–Kier alpha value is -0.650. The van der Waals surface area contributed by atoms with Crippen molar-refractivity contribution in [1.29, 1.82) is 0 Å². The number of hydrogen-bond acceptors (Lipinski definition) is 5. The second kappa shape index (κ2) is 5.04. The van der Waals surface area contributed by atoms with Gasteiger partial charge < -0.3 is 14.4 Å². The predicted octanol–water partition coefficient (Wildman–Crippen LogP) is 2.88. The molecule has 4 nitrogen and oxygen atoms in total. The molecular formula is C14H22N2O2S. The zero-order valence-corrected chi connectivity index (χ0v) is 12.8. The third-order valence-electron chi connectivity index (χ3n) is 4.40. The van der Waals surface area contributed by atoms with Crippen LogP contribution in [0.5, 0.6) is 0 Å². The maximum atomic E-state index is 5.78. The second-order valence-corrected chi connectivity index (χ2v) is 6.77. The highest BCUT2D eigenvalue weighted by atomic mass is 32.1. The lowest BCUT2D eigenvalue weighted by molar-refractivity contribution is -0.178. The van der Waals surface area contributed by atoms with Crippen LogP contribution in [0.4, 0.5) is 5.13 Å². The number of aryl methyl sites for hydroxylation is 2. The molecule has 3 rings (SSSR count). The van der Waals surface area contributed by atoms with Crippen molar-refractivity contribution in [3.8, 4) is 0 Å². The van der Waals surface area contributed by atoms with Gasteiger partial charge in [-0.15, -0.1) is 11.3 Å². The third-order valence-corrected chi connectivity index (χ3v) is 5.56. The van der Waals surface area contributed by atoms with Crippen molar-refractivity contribution in [2.45, 2.75) is 51.4 Å². The molecule has 0 bridgehead atoms. The van der Waals surface area contributed by atoms with Gasteiger partial charge in [-0.1, -0.05) is 0 Å². The van der Waals surface area contributed by atoms with Crippen molar-refractivity contribution < 1.29 is 9.47 Å². The van der Waals surface area contributed by atoms with Gasteiger partial charge in [-0.2, -0.15) is 0 Å². The lowest BCUT2D eigenvalue weighted by atomic mass is 9.89. The molecule has 0 aromatic carbocycles. The number of aromatic nitrogens is 1. The first-order valence-corrected chi connectivity index (χ1v) is 7.86. The molecule has 2 heterocycles. The average molecular weight is 282 g/mol. The fourth-order valence-corrected chi connectivity index (χ4v) is 3.92. The van der Waals surface area contributed by atoms with Gasteiger partial charge in [-0.05, 0) is 26.7 Å². The van der Waals surface area contributed by atoms with Gasteiger partial charge in [-0.3, -0.25) is 0 Å². The van der Waals surface area contributed by atoms with Crippen LogP contribution in [-0.2, 0) is 9.47 Å². The highest BCUT2D eigenvalue weighted by Gasteiger charge is 2.41. The molecule has 1 aromatic rings. The summed E-state index contributed by atoms with van der Waals surface area (Å²) in [6.45, 7) is 5.73. The Morgan fingerprint density at radius 3 is 2.37 bits per heavy atom. The van der Waals surface area contributed by atoms with Gasteiger partial charge in [-0.25, -0.2) is 4.98 Å². The maximum absolute atomic E-state index is 5.78. The summed E-state index contributed by atoms with van der Waals surface area (Å²) in [6.07, 6.45) is 4.25. The summed E-state index contributed by atoms with van der Waals surface area (Å²) >= 11 is 1.79. The Morgan fingerprint density at radius 1 is 1.21 bits per heavy atom. The van der Waals surface area contributed by atoms with E-state index in [1.807, 2.05) is 0 Å². The minimum Gasteiger partial charge on any atom is -0.348 e. The Morgan fingerprint density at radius 2 is 1.84 bits per heavy atom. The number of anilines is 1.